The SMILES string of the molecule is CC(C)c1ccccc1N1C(=O)CSC1c1ccccc1NC(=O)c1ccco1. The second-order valence-corrected chi connectivity index (χ2v) is 8.23. The Labute approximate surface area is 174 Å². The molecule has 0 spiro atoms. The van der Waals surface area contributed by atoms with E-state index in [1.54, 1.807) is 23.9 Å². The maximum Gasteiger partial charge on any atom is 0.291 e. The highest BCUT2D eigenvalue weighted by atomic mass is 32.2. The number of nitrogens with zero attached hydrogens (tertiary/aromatic N) is 1. The van der Waals surface area contributed by atoms with Crippen LogP contribution in [0.25, 0.3) is 0 Å². The molecule has 5 nitrogen and oxygen atoms in total. The van der Waals surface area contributed by atoms with Crippen LogP contribution < -0.4 is 10.2 Å². The number of anilines is 2. The van der Waals surface area contributed by atoms with Crippen LogP contribution in [0.2, 0.25) is 0 Å². The third-order valence-corrected chi connectivity index (χ3v) is 6.10. The molecule has 2 heterocycles. The van der Waals surface area contributed by atoms with Gasteiger partial charge in [-0.3, -0.25) is 14.5 Å². The van der Waals surface area contributed by atoms with Gasteiger partial charge in [0.15, 0.2) is 5.76 Å². The van der Waals surface area contributed by atoms with Crippen molar-refractivity contribution in [3.05, 3.63) is 83.8 Å². The van der Waals surface area contributed by atoms with E-state index in [9.17, 15) is 9.59 Å². The topological polar surface area (TPSA) is 62.6 Å². The number of nitrogens with one attached hydrogen (secondary N) is 1. The van der Waals surface area contributed by atoms with Crippen molar-refractivity contribution in [3.8, 4) is 0 Å². The first-order chi connectivity index (χ1) is 14.1. The minimum Gasteiger partial charge on any atom is -0.459 e. The van der Waals surface area contributed by atoms with E-state index >= 15 is 0 Å². The normalized spacial score (nSPS) is 16.4. The van der Waals surface area contributed by atoms with Crippen LogP contribution in [0.4, 0.5) is 11.4 Å². The van der Waals surface area contributed by atoms with Gasteiger partial charge in [-0.15, -0.1) is 11.8 Å². The molecule has 1 unspecified atom stereocenters. The smallest absolute Gasteiger partial charge is 0.291 e. The summed E-state index contributed by atoms with van der Waals surface area (Å²) in [7, 11) is 0. The quantitative estimate of drug-likeness (QED) is 0.613. The van der Waals surface area contributed by atoms with Gasteiger partial charge in [0.25, 0.3) is 5.91 Å². The van der Waals surface area contributed by atoms with Gasteiger partial charge < -0.3 is 9.73 Å². The van der Waals surface area contributed by atoms with Gasteiger partial charge in [-0.1, -0.05) is 50.2 Å². The van der Waals surface area contributed by atoms with Crippen molar-refractivity contribution >= 4 is 35.0 Å². The molecule has 1 saturated heterocycles. The number of carbonyl (C=O) groups excluding carboxylic acids is 2. The summed E-state index contributed by atoms with van der Waals surface area (Å²) in [6, 6.07) is 18.9. The molecule has 1 aliphatic heterocycles. The summed E-state index contributed by atoms with van der Waals surface area (Å²) in [5, 5.41) is 2.72. The average molecular weight is 407 g/mol. The Kier molecular flexibility index (Phi) is 5.45. The molecule has 1 aromatic heterocycles. The highest BCUT2D eigenvalue weighted by Gasteiger charge is 2.36. The zero-order chi connectivity index (χ0) is 20.4. The molecule has 1 aliphatic rings. The molecule has 1 fully saturated rings. The van der Waals surface area contributed by atoms with E-state index in [4.69, 9.17) is 4.42 Å². The van der Waals surface area contributed by atoms with E-state index in [-0.39, 0.29) is 22.9 Å². The monoisotopic (exact) mass is 406 g/mol. The molecule has 2 aromatic carbocycles. The summed E-state index contributed by atoms with van der Waals surface area (Å²) in [4.78, 5) is 27.2. The summed E-state index contributed by atoms with van der Waals surface area (Å²) in [6.45, 7) is 4.25. The summed E-state index contributed by atoms with van der Waals surface area (Å²) in [6.07, 6.45) is 1.47. The maximum absolute atomic E-state index is 12.9. The maximum atomic E-state index is 12.9. The van der Waals surface area contributed by atoms with Crippen LogP contribution in [0.15, 0.2) is 71.3 Å². The van der Waals surface area contributed by atoms with Crippen LogP contribution in [0.1, 0.15) is 46.8 Å². The largest absolute Gasteiger partial charge is 0.459 e. The zero-order valence-corrected chi connectivity index (χ0v) is 17.1. The van der Waals surface area contributed by atoms with Crippen LogP contribution in [-0.2, 0) is 4.79 Å². The molecular weight excluding hydrogens is 384 g/mol. The number of para-hydroxylation sites is 2. The second-order valence-electron chi connectivity index (χ2n) is 7.16. The molecule has 2 amide bonds. The first-order valence-corrected chi connectivity index (χ1v) is 10.6. The molecule has 0 saturated carbocycles. The zero-order valence-electron chi connectivity index (χ0n) is 16.3. The van der Waals surface area contributed by atoms with Gasteiger partial charge in [0.2, 0.25) is 5.91 Å². The van der Waals surface area contributed by atoms with Crippen LogP contribution in [0.5, 0.6) is 0 Å². The summed E-state index contributed by atoms with van der Waals surface area (Å²) in [5.74, 6) is 0.694. The first kappa shape index (κ1) is 19.3. The standard InChI is InChI=1S/C23H22N2O3S/c1-15(2)16-8-4-6-11-19(16)25-21(26)14-29-23(25)17-9-3-5-10-18(17)24-22(27)20-12-7-13-28-20/h3-13,15,23H,14H2,1-2H3,(H,24,27). The molecule has 3 aromatic rings. The number of hydrogen-bond acceptors (Lipinski definition) is 4. The lowest BCUT2D eigenvalue weighted by atomic mass is 10.00. The van der Waals surface area contributed by atoms with E-state index < -0.39 is 0 Å². The van der Waals surface area contributed by atoms with Crippen LogP contribution in [-0.4, -0.2) is 17.6 Å². The molecule has 6 heteroatoms. The lowest BCUT2D eigenvalue weighted by Gasteiger charge is -2.28. The van der Waals surface area contributed by atoms with Crippen LogP contribution in [0, 0.1) is 0 Å². The molecular formula is C23H22N2O3S. The highest BCUT2D eigenvalue weighted by Crippen LogP contribution is 2.46. The lowest BCUT2D eigenvalue weighted by Crippen LogP contribution is -2.29. The second kappa shape index (κ2) is 8.17. The van der Waals surface area contributed by atoms with Crippen molar-refractivity contribution in [1.29, 1.82) is 0 Å². The fraction of sp³-hybridized carbons (Fsp3) is 0.217. The predicted molar refractivity (Wildman–Crippen MR) is 116 cm³/mol. The van der Waals surface area contributed by atoms with Crippen molar-refractivity contribution in [3.63, 3.8) is 0 Å². The molecule has 0 aliphatic carbocycles. The summed E-state index contributed by atoms with van der Waals surface area (Å²) in [5.41, 5.74) is 3.62. The number of furan rings is 1. The van der Waals surface area contributed by atoms with Crippen molar-refractivity contribution in [2.75, 3.05) is 16.0 Å². The van der Waals surface area contributed by atoms with E-state index in [0.717, 1.165) is 16.8 Å². The Morgan fingerprint density at radius 3 is 2.62 bits per heavy atom. The minimum absolute atomic E-state index is 0.0697. The van der Waals surface area contributed by atoms with E-state index in [2.05, 4.69) is 25.2 Å². The Hall–Kier alpha value is -2.99. The molecule has 29 heavy (non-hydrogen) atoms. The van der Waals surface area contributed by atoms with Crippen molar-refractivity contribution < 1.29 is 14.0 Å². The number of carbonyl (C=O) groups is 2. The number of benzene rings is 2. The van der Waals surface area contributed by atoms with Gasteiger partial charge >= 0.3 is 0 Å². The van der Waals surface area contributed by atoms with Crippen LogP contribution >= 0.6 is 11.8 Å². The van der Waals surface area contributed by atoms with E-state index in [1.165, 1.54) is 6.26 Å². The fourth-order valence-corrected chi connectivity index (χ4v) is 4.73. The molecule has 1 atom stereocenters. The van der Waals surface area contributed by atoms with Crippen molar-refractivity contribution in [2.45, 2.75) is 25.1 Å². The third-order valence-electron chi connectivity index (χ3n) is 4.91. The predicted octanol–water partition coefficient (Wildman–Crippen LogP) is 5.43. The minimum atomic E-state index is -0.314. The molecule has 0 bridgehead atoms. The average Bonchev–Trinajstić information content (AvgIpc) is 3.38. The van der Waals surface area contributed by atoms with Crippen LogP contribution in [0.3, 0.4) is 0 Å². The fourth-order valence-electron chi connectivity index (χ4n) is 3.53. The molecule has 0 radical (unpaired) electrons. The van der Waals surface area contributed by atoms with Crippen molar-refractivity contribution in [1.82, 2.24) is 0 Å². The number of amides is 2. The van der Waals surface area contributed by atoms with Gasteiger partial charge in [-0.25, -0.2) is 0 Å². The van der Waals surface area contributed by atoms with Gasteiger partial charge in [0, 0.05) is 16.9 Å². The van der Waals surface area contributed by atoms with Gasteiger partial charge in [0.1, 0.15) is 5.37 Å². The Morgan fingerprint density at radius 1 is 1.10 bits per heavy atom. The Balaban J connectivity index is 1.71. The van der Waals surface area contributed by atoms with Gasteiger partial charge in [-0.2, -0.15) is 0 Å². The molecule has 1 N–H and O–H groups in total. The highest BCUT2D eigenvalue weighted by molar-refractivity contribution is 8.00. The molecule has 148 valence electrons. The Morgan fingerprint density at radius 2 is 1.86 bits per heavy atom. The lowest BCUT2D eigenvalue weighted by molar-refractivity contribution is -0.115. The van der Waals surface area contributed by atoms with Gasteiger partial charge in [0.05, 0.1) is 12.0 Å². The van der Waals surface area contributed by atoms with E-state index in [1.807, 2.05) is 47.4 Å². The summed E-state index contributed by atoms with van der Waals surface area (Å²) >= 11 is 1.57. The molecule has 4 rings (SSSR count). The first-order valence-electron chi connectivity index (χ1n) is 9.52. The Bertz CT molecular complexity index is 1030. The number of hydrogen-bond donors (Lipinski definition) is 1. The van der Waals surface area contributed by atoms with Gasteiger partial charge in [-0.05, 0) is 35.7 Å². The van der Waals surface area contributed by atoms with E-state index in [0.29, 0.717) is 17.4 Å². The third kappa shape index (κ3) is 3.80. The number of thioether (sulfide) groups is 1. The summed E-state index contributed by atoms with van der Waals surface area (Å²) < 4.78 is 5.20. The number of rotatable bonds is 5. The van der Waals surface area contributed by atoms with Crippen molar-refractivity contribution in [2.24, 2.45) is 0 Å².